The molecule has 188 valence electrons. The summed E-state index contributed by atoms with van der Waals surface area (Å²) >= 11 is 1.50. The minimum Gasteiger partial charge on any atom is -0.368 e. The Labute approximate surface area is 214 Å². The topological polar surface area (TPSA) is 76.3 Å². The number of carbonyl (C=O) groups is 1. The summed E-state index contributed by atoms with van der Waals surface area (Å²) in [7, 11) is 1.78. The molecule has 0 aliphatic carbocycles. The van der Waals surface area contributed by atoms with E-state index in [1.54, 1.807) is 17.1 Å². The van der Waals surface area contributed by atoms with Crippen LogP contribution in [-0.2, 0) is 13.6 Å². The summed E-state index contributed by atoms with van der Waals surface area (Å²) in [6.07, 6.45) is 0. The first-order valence-electron chi connectivity index (χ1n) is 12.2. The third kappa shape index (κ3) is 4.55. The number of benzene rings is 1. The molecule has 4 aromatic rings. The summed E-state index contributed by atoms with van der Waals surface area (Å²) in [5.74, 6) is 0.0173. The number of thiazole rings is 1. The molecule has 1 fully saturated rings. The van der Waals surface area contributed by atoms with Gasteiger partial charge in [0.05, 0.1) is 16.7 Å². The number of hydrogen-bond donors (Lipinski definition) is 0. The van der Waals surface area contributed by atoms with Crippen molar-refractivity contribution in [3.8, 4) is 11.3 Å². The van der Waals surface area contributed by atoms with Gasteiger partial charge >= 0.3 is 5.69 Å². The van der Waals surface area contributed by atoms with Gasteiger partial charge in [-0.2, -0.15) is 0 Å². The second-order valence-electron chi connectivity index (χ2n) is 10.6. The molecule has 1 aliphatic heterocycles. The number of amides is 1. The maximum Gasteiger partial charge on any atom is 0.330 e. The zero-order valence-corrected chi connectivity index (χ0v) is 22.3. The molecule has 0 N–H and O–H groups in total. The van der Waals surface area contributed by atoms with E-state index in [0.29, 0.717) is 31.0 Å². The third-order valence-electron chi connectivity index (χ3n) is 6.63. The molecule has 36 heavy (non-hydrogen) atoms. The van der Waals surface area contributed by atoms with Crippen molar-refractivity contribution in [2.75, 3.05) is 31.1 Å². The first-order chi connectivity index (χ1) is 17.1. The van der Waals surface area contributed by atoms with Crippen molar-refractivity contribution in [1.29, 1.82) is 0 Å². The van der Waals surface area contributed by atoms with E-state index in [-0.39, 0.29) is 17.0 Å². The zero-order chi connectivity index (χ0) is 25.6. The Morgan fingerprint density at radius 1 is 1.08 bits per heavy atom. The van der Waals surface area contributed by atoms with Crippen LogP contribution in [0.1, 0.15) is 36.1 Å². The van der Waals surface area contributed by atoms with Crippen LogP contribution in [-0.4, -0.2) is 56.1 Å². The lowest BCUT2D eigenvalue weighted by atomic mass is 9.97. The lowest BCUT2D eigenvalue weighted by molar-refractivity contribution is 0.0741. The molecule has 5 rings (SSSR count). The van der Waals surface area contributed by atoms with E-state index in [4.69, 9.17) is 4.98 Å². The summed E-state index contributed by atoms with van der Waals surface area (Å²) in [4.78, 5) is 40.0. The van der Waals surface area contributed by atoms with Crippen molar-refractivity contribution in [1.82, 2.24) is 24.0 Å². The molecule has 0 bridgehead atoms. The molecule has 0 spiro atoms. The van der Waals surface area contributed by atoms with Gasteiger partial charge in [0.1, 0.15) is 5.69 Å². The maximum absolute atomic E-state index is 12.9. The van der Waals surface area contributed by atoms with Crippen molar-refractivity contribution in [2.45, 2.75) is 34.2 Å². The van der Waals surface area contributed by atoms with Crippen molar-refractivity contribution in [3.63, 3.8) is 0 Å². The zero-order valence-electron chi connectivity index (χ0n) is 21.5. The lowest BCUT2D eigenvalue weighted by Crippen LogP contribution is -2.49. The van der Waals surface area contributed by atoms with Crippen LogP contribution in [0, 0.1) is 12.3 Å². The highest BCUT2D eigenvalue weighted by Crippen LogP contribution is 2.27. The Kier molecular flexibility index (Phi) is 6.20. The summed E-state index contributed by atoms with van der Waals surface area (Å²) in [5, 5.41) is 0. The molecule has 8 nitrogen and oxygen atoms in total. The average Bonchev–Trinajstić information content (AvgIpc) is 3.39. The minimum atomic E-state index is -0.0430. The standard InChI is InChI=1S/C27H32N6O2S/c1-18-23(28-17-36-18)25(34)32-13-11-31(12-14-32)20-8-6-7-19(15-20)21-9-10-22-24(29-21)30(5)26(35)33(22)16-27(2,3)4/h6-10,15,17H,11-14,16H2,1-5H3. The van der Waals surface area contributed by atoms with Crippen molar-refractivity contribution >= 4 is 34.1 Å². The third-order valence-corrected chi connectivity index (χ3v) is 7.39. The Morgan fingerprint density at radius 3 is 2.50 bits per heavy atom. The second kappa shape index (κ2) is 9.20. The van der Waals surface area contributed by atoms with Gasteiger partial charge in [0.25, 0.3) is 5.91 Å². The van der Waals surface area contributed by atoms with Crippen molar-refractivity contribution in [2.24, 2.45) is 12.5 Å². The van der Waals surface area contributed by atoms with Gasteiger partial charge in [0.15, 0.2) is 5.65 Å². The smallest absolute Gasteiger partial charge is 0.330 e. The first kappa shape index (κ1) is 24.2. The number of piperazine rings is 1. The van der Waals surface area contributed by atoms with Crippen LogP contribution in [0.25, 0.3) is 22.4 Å². The number of imidazole rings is 1. The molecule has 3 aromatic heterocycles. The molecule has 0 saturated carbocycles. The number of rotatable bonds is 4. The Bertz CT molecular complexity index is 1480. The van der Waals surface area contributed by atoms with E-state index >= 15 is 0 Å². The van der Waals surface area contributed by atoms with Crippen LogP contribution < -0.4 is 10.6 Å². The van der Waals surface area contributed by atoms with E-state index in [9.17, 15) is 9.59 Å². The summed E-state index contributed by atoms with van der Waals surface area (Å²) in [6.45, 7) is 11.8. The first-order valence-corrected chi connectivity index (χ1v) is 13.1. The van der Waals surface area contributed by atoms with Crippen molar-refractivity contribution in [3.05, 3.63) is 63.0 Å². The predicted octanol–water partition coefficient (Wildman–Crippen LogP) is 4.18. The number of aromatic nitrogens is 4. The molecule has 1 aliphatic rings. The molecule has 1 amide bonds. The minimum absolute atomic E-state index is 0.0151. The fourth-order valence-electron chi connectivity index (χ4n) is 4.75. The van der Waals surface area contributed by atoms with Crippen LogP contribution in [0.3, 0.4) is 0 Å². The number of aryl methyl sites for hydroxylation is 2. The van der Waals surface area contributed by atoms with E-state index in [1.165, 1.54) is 11.3 Å². The second-order valence-corrected chi connectivity index (χ2v) is 11.7. The molecule has 1 aromatic carbocycles. The van der Waals surface area contributed by atoms with Crippen LogP contribution >= 0.6 is 11.3 Å². The number of fused-ring (bicyclic) bond motifs is 1. The van der Waals surface area contributed by atoms with Gasteiger partial charge < -0.3 is 9.80 Å². The van der Waals surface area contributed by atoms with Gasteiger partial charge in [-0.15, -0.1) is 11.3 Å². The molecular weight excluding hydrogens is 472 g/mol. The van der Waals surface area contributed by atoms with Gasteiger partial charge in [0.2, 0.25) is 0 Å². The van der Waals surface area contributed by atoms with E-state index in [0.717, 1.165) is 40.4 Å². The van der Waals surface area contributed by atoms with Gasteiger partial charge in [-0.25, -0.2) is 14.8 Å². The fraction of sp³-hybridized carbons (Fsp3) is 0.407. The highest BCUT2D eigenvalue weighted by atomic mass is 32.1. The molecule has 0 radical (unpaired) electrons. The van der Waals surface area contributed by atoms with Crippen LogP contribution in [0.2, 0.25) is 0 Å². The normalized spacial score (nSPS) is 14.6. The summed E-state index contributed by atoms with van der Waals surface area (Å²) in [5.41, 5.74) is 6.73. The predicted molar refractivity (Wildman–Crippen MR) is 145 cm³/mol. The maximum atomic E-state index is 12.9. The number of hydrogen-bond acceptors (Lipinski definition) is 6. The van der Waals surface area contributed by atoms with Gasteiger partial charge in [0, 0.05) is 55.9 Å². The lowest BCUT2D eigenvalue weighted by Gasteiger charge is -2.36. The highest BCUT2D eigenvalue weighted by Gasteiger charge is 2.25. The monoisotopic (exact) mass is 504 g/mol. The van der Waals surface area contributed by atoms with Crippen LogP contribution in [0.5, 0.6) is 0 Å². The summed E-state index contributed by atoms with van der Waals surface area (Å²) < 4.78 is 3.45. The molecule has 0 atom stereocenters. The van der Waals surface area contributed by atoms with Crippen molar-refractivity contribution < 1.29 is 4.79 Å². The number of carbonyl (C=O) groups excluding carboxylic acids is 1. The number of pyridine rings is 1. The molecule has 4 heterocycles. The van der Waals surface area contributed by atoms with Gasteiger partial charge in [-0.3, -0.25) is 13.9 Å². The largest absolute Gasteiger partial charge is 0.368 e. The van der Waals surface area contributed by atoms with Crippen LogP contribution in [0.4, 0.5) is 5.69 Å². The summed E-state index contributed by atoms with van der Waals surface area (Å²) in [6, 6.07) is 12.3. The SMILES string of the molecule is Cc1scnc1C(=O)N1CCN(c2cccc(-c3ccc4c(n3)n(C)c(=O)n4CC(C)(C)C)c2)CC1. The molecule has 1 saturated heterocycles. The number of nitrogens with zero attached hydrogens (tertiary/aromatic N) is 6. The van der Waals surface area contributed by atoms with Crippen LogP contribution in [0.15, 0.2) is 46.7 Å². The molecular formula is C27H32N6O2S. The molecule has 9 heteroatoms. The van der Waals surface area contributed by atoms with Gasteiger partial charge in [-0.1, -0.05) is 32.9 Å². The number of anilines is 1. The average molecular weight is 505 g/mol. The Hall–Kier alpha value is -3.46. The quantitative estimate of drug-likeness (QED) is 0.417. The van der Waals surface area contributed by atoms with E-state index in [1.807, 2.05) is 40.7 Å². The van der Waals surface area contributed by atoms with E-state index in [2.05, 4.69) is 42.8 Å². The van der Waals surface area contributed by atoms with Gasteiger partial charge in [-0.05, 0) is 36.6 Å². The Morgan fingerprint density at radius 2 is 1.83 bits per heavy atom. The Balaban J connectivity index is 1.36. The van der Waals surface area contributed by atoms with E-state index < -0.39 is 0 Å². The molecule has 0 unspecified atom stereocenters. The highest BCUT2D eigenvalue weighted by molar-refractivity contribution is 7.09. The fourth-order valence-corrected chi connectivity index (χ4v) is 5.32.